The van der Waals surface area contributed by atoms with E-state index < -0.39 is 0 Å². The molecular formula is C29H40O2. The van der Waals surface area contributed by atoms with Gasteiger partial charge in [-0.1, -0.05) is 88.1 Å². The number of hydrogen-bond donors (Lipinski definition) is 0. The van der Waals surface area contributed by atoms with E-state index in [1.807, 2.05) is 0 Å². The third-order valence-electron chi connectivity index (χ3n) is 7.39. The largest absolute Gasteiger partial charge is 0.373 e. The van der Waals surface area contributed by atoms with Crippen LogP contribution < -0.4 is 0 Å². The van der Waals surface area contributed by atoms with Crippen LogP contribution in [0.25, 0.3) is 11.1 Å². The van der Waals surface area contributed by atoms with E-state index >= 15 is 0 Å². The standard InChI is InChI=1S/C29H40O2/c1-3-5-7-22-8-10-23(11-9-22)24-12-14-25(15-13-24)26-16-18-27(19-17-26)29-21-30-28(6-4-2)20-31-29/h12-19,22-23,28-29H,3-11,20-21H2,1-2H3/t22-,23-,28-,29-/m0/s1. The third-order valence-corrected chi connectivity index (χ3v) is 7.39. The minimum Gasteiger partial charge on any atom is -0.373 e. The zero-order chi connectivity index (χ0) is 21.5. The Morgan fingerprint density at radius 3 is 1.87 bits per heavy atom. The lowest BCUT2D eigenvalue weighted by Gasteiger charge is -2.29. The summed E-state index contributed by atoms with van der Waals surface area (Å²) >= 11 is 0. The number of unbranched alkanes of at least 4 members (excludes halogenated alkanes) is 1. The zero-order valence-electron chi connectivity index (χ0n) is 19.5. The fourth-order valence-electron chi connectivity index (χ4n) is 5.34. The highest BCUT2D eigenvalue weighted by Crippen LogP contribution is 2.38. The summed E-state index contributed by atoms with van der Waals surface area (Å²) in [5.41, 5.74) is 5.33. The van der Waals surface area contributed by atoms with Gasteiger partial charge in [-0.2, -0.15) is 0 Å². The molecule has 0 unspecified atom stereocenters. The Morgan fingerprint density at radius 1 is 0.677 bits per heavy atom. The number of benzene rings is 2. The van der Waals surface area contributed by atoms with Crippen molar-refractivity contribution in [2.24, 2.45) is 5.92 Å². The van der Waals surface area contributed by atoms with Gasteiger partial charge < -0.3 is 9.47 Å². The lowest BCUT2D eigenvalue weighted by atomic mass is 9.77. The summed E-state index contributed by atoms with van der Waals surface area (Å²) in [4.78, 5) is 0. The first kappa shape index (κ1) is 22.6. The Hall–Kier alpha value is -1.64. The van der Waals surface area contributed by atoms with Gasteiger partial charge in [-0.05, 0) is 66.2 Å². The van der Waals surface area contributed by atoms with Gasteiger partial charge in [0.05, 0.1) is 19.3 Å². The molecule has 4 rings (SSSR count). The van der Waals surface area contributed by atoms with Gasteiger partial charge in [0.2, 0.25) is 0 Å². The van der Waals surface area contributed by atoms with Gasteiger partial charge in [-0.3, -0.25) is 0 Å². The molecule has 2 aliphatic rings. The Kier molecular flexibility index (Phi) is 8.21. The average Bonchev–Trinajstić information content (AvgIpc) is 2.84. The zero-order valence-corrected chi connectivity index (χ0v) is 19.5. The maximum Gasteiger partial charge on any atom is 0.106 e. The molecule has 2 fully saturated rings. The molecule has 1 saturated heterocycles. The first-order valence-corrected chi connectivity index (χ1v) is 12.7. The molecule has 0 bridgehead atoms. The molecule has 2 nitrogen and oxygen atoms in total. The Bertz CT molecular complexity index is 763. The van der Waals surface area contributed by atoms with E-state index in [-0.39, 0.29) is 12.2 Å². The van der Waals surface area contributed by atoms with Crippen molar-refractivity contribution < 1.29 is 9.47 Å². The van der Waals surface area contributed by atoms with E-state index in [0.717, 1.165) is 24.7 Å². The molecule has 2 atom stereocenters. The van der Waals surface area contributed by atoms with Crippen molar-refractivity contribution in [3.63, 3.8) is 0 Å². The molecule has 0 aromatic heterocycles. The van der Waals surface area contributed by atoms with Gasteiger partial charge in [0, 0.05) is 0 Å². The molecule has 1 aliphatic carbocycles. The predicted molar refractivity (Wildman–Crippen MR) is 129 cm³/mol. The van der Waals surface area contributed by atoms with E-state index in [9.17, 15) is 0 Å². The van der Waals surface area contributed by atoms with E-state index in [0.29, 0.717) is 13.2 Å². The third kappa shape index (κ3) is 5.99. The SMILES string of the molecule is CCCC[C@H]1CC[C@H](c2ccc(-c3ccc([C@@H]4CO[C@@H](CCC)CO4)cc3)cc2)CC1. The van der Waals surface area contributed by atoms with Crippen molar-refractivity contribution in [2.75, 3.05) is 13.2 Å². The molecule has 1 heterocycles. The predicted octanol–water partition coefficient (Wildman–Crippen LogP) is 8.07. The molecule has 31 heavy (non-hydrogen) atoms. The Balaban J connectivity index is 1.31. The van der Waals surface area contributed by atoms with Gasteiger partial charge in [0.15, 0.2) is 0 Å². The molecule has 1 aliphatic heterocycles. The maximum absolute atomic E-state index is 6.06. The van der Waals surface area contributed by atoms with Gasteiger partial charge in [0.25, 0.3) is 0 Å². The van der Waals surface area contributed by atoms with Crippen LogP contribution in [0.15, 0.2) is 48.5 Å². The topological polar surface area (TPSA) is 18.5 Å². The van der Waals surface area contributed by atoms with E-state index in [1.165, 1.54) is 67.2 Å². The first-order valence-electron chi connectivity index (χ1n) is 12.7. The monoisotopic (exact) mass is 420 g/mol. The van der Waals surface area contributed by atoms with Crippen molar-refractivity contribution in [2.45, 2.75) is 89.8 Å². The van der Waals surface area contributed by atoms with Crippen LogP contribution in [0.5, 0.6) is 0 Å². The molecule has 0 spiro atoms. The van der Waals surface area contributed by atoms with Crippen LogP contribution in [0.1, 0.15) is 94.8 Å². The quantitative estimate of drug-likeness (QED) is 0.430. The molecule has 0 amide bonds. The Morgan fingerprint density at radius 2 is 1.32 bits per heavy atom. The summed E-state index contributed by atoms with van der Waals surface area (Å²) in [6.45, 7) is 5.88. The van der Waals surface area contributed by atoms with Crippen molar-refractivity contribution in [3.05, 3.63) is 59.7 Å². The molecule has 0 N–H and O–H groups in total. The number of rotatable bonds is 8. The minimum absolute atomic E-state index is 0.0667. The summed E-state index contributed by atoms with van der Waals surface area (Å²) in [6.07, 6.45) is 12.3. The fraction of sp³-hybridized carbons (Fsp3) is 0.586. The highest BCUT2D eigenvalue weighted by atomic mass is 16.6. The number of ether oxygens (including phenoxy) is 2. The van der Waals surface area contributed by atoms with Gasteiger partial charge >= 0.3 is 0 Å². The highest BCUT2D eigenvalue weighted by molar-refractivity contribution is 5.64. The summed E-state index contributed by atoms with van der Waals surface area (Å²) < 4.78 is 12.0. The molecule has 0 radical (unpaired) electrons. The van der Waals surface area contributed by atoms with Crippen molar-refractivity contribution in [1.29, 1.82) is 0 Å². The van der Waals surface area contributed by atoms with Crippen LogP contribution in [0.4, 0.5) is 0 Å². The molecule has 168 valence electrons. The second-order valence-corrected chi connectivity index (χ2v) is 9.67. The van der Waals surface area contributed by atoms with Crippen LogP contribution in [-0.2, 0) is 9.47 Å². The molecule has 2 aromatic carbocycles. The van der Waals surface area contributed by atoms with E-state index in [1.54, 1.807) is 0 Å². The molecule has 2 aromatic rings. The lowest BCUT2D eigenvalue weighted by Crippen LogP contribution is -2.30. The van der Waals surface area contributed by atoms with Crippen molar-refractivity contribution in [3.8, 4) is 11.1 Å². The maximum atomic E-state index is 6.06. The van der Waals surface area contributed by atoms with Crippen molar-refractivity contribution in [1.82, 2.24) is 0 Å². The lowest BCUT2D eigenvalue weighted by molar-refractivity contribution is -0.137. The minimum atomic E-state index is 0.0667. The van der Waals surface area contributed by atoms with Crippen LogP contribution in [0.2, 0.25) is 0 Å². The molecule has 2 heteroatoms. The second-order valence-electron chi connectivity index (χ2n) is 9.67. The van der Waals surface area contributed by atoms with Crippen LogP contribution in [0, 0.1) is 5.92 Å². The summed E-state index contributed by atoms with van der Waals surface area (Å²) in [5, 5.41) is 0. The van der Waals surface area contributed by atoms with Crippen LogP contribution >= 0.6 is 0 Å². The first-order chi connectivity index (χ1) is 15.3. The van der Waals surface area contributed by atoms with Gasteiger partial charge in [-0.15, -0.1) is 0 Å². The smallest absolute Gasteiger partial charge is 0.106 e. The summed E-state index contributed by atoms with van der Waals surface area (Å²) in [7, 11) is 0. The number of hydrogen-bond acceptors (Lipinski definition) is 2. The molecule has 1 saturated carbocycles. The normalized spacial score (nSPS) is 26.6. The van der Waals surface area contributed by atoms with E-state index in [2.05, 4.69) is 62.4 Å². The average molecular weight is 421 g/mol. The van der Waals surface area contributed by atoms with Crippen LogP contribution in [-0.4, -0.2) is 19.3 Å². The fourth-order valence-corrected chi connectivity index (χ4v) is 5.34. The van der Waals surface area contributed by atoms with Crippen LogP contribution in [0.3, 0.4) is 0 Å². The van der Waals surface area contributed by atoms with Crippen molar-refractivity contribution >= 4 is 0 Å². The summed E-state index contributed by atoms with van der Waals surface area (Å²) in [5.74, 6) is 1.74. The van der Waals surface area contributed by atoms with E-state index in [4.69, 9.17) is 9.47 Å². The second kappa shape index (κ2) is 11.3. The van der Waals surface area contributed by atoms with Gasteiger partial charge in [0.1, 0.15) is 6.10 Å². The highest BCUT2D eigenvalue weighted by Gasteiger charge is 2.23. The molecular weight excluding hydrogens is 380 g/mol. The Labute approximate surface area is 189 Å². The summed E-state index contributed by atoms with van der Waals surface area (Å²) in [6, 6.07) is 18.2. The van der Waals surface area contributed by atoms with Gasteiger partial charge in [-0.25, -0.2) is 0 Å².